The highest BCUT2D eigenvalue weighted by molar-refractivity contribution is 6.50. The second-order valence-corrected chi connectivity index (χ2v) is 7.12. The van der Waals surface area contributed by atoms with Crippen molar-refractivity contribution in [3.8, 4) is 6.07 Å². The molecule has 0 saturated heterocycles. The van der Waals surface area contributed by atoms with Crippen LogP contribution in [0.5, 0.6) is 0 Å². The summed E-state index contributed by atoms with van der Waals surface area (Å²) in [4.78, 5) is 8.86. The standard InChI is InChI=1S/C20H22N6/c1-20(2,3)12-25-11-14(9-21)16-6-5-15(10-22)26-19(16)13-4-7-17(23)18(24)8-13/h4-9,11,23-24H,12,21H2,1-3H3. The Kier molecular flexibility index (Phi) is 5.63. The maximum absolute atomic E-state index is 9.18. The molecule has 0 aliphatic heterocycles. The van der Waals surface area contributed by atoms with Gasteiger partial charge in [-0.05, 0) is 29.7 Å². The molecular weight excluding hydrogens is 324 g/mol. The lowest BCUT2D eigenvalue weighted by Crippen LogP contribution is -2.12. The minimum Gasteiger partial charge on any atom is -0.404 e. The molecule has 0 unspecified atom stereocenters. The summed E-state index contributed by atoms with van der Waals surface area (Å²) >= 11 is 0. The summed E-state index contributed by atoms with van der Waals surface area (Å²) in [5.74, 6) is 0. The molecule has 0 radical (unpaired) electrons. The van der Waals surface area contributed by atoms with Crippen LogP contribution in [-0.2, 0) is 0 Å². The number of nitrogens with two attached hydrogens (primary N) is 1. The lowest BCUT2D eigenvalue weighted by atomic mass is 9.94. The molecule has 0 fully saturated rings. The van der Waals surface area contributed by atoms with Crippen molar-refractivity contribution in [2.24, 2.45) is 16.1 Å². The van der Waals surface area contributed by atoms with E-state index in [1.165, 1.54) is 6.20 Å². The van der Waals surface area contributed by atoms with E-state index in [9.17, 15) is 5.26 Å². The van der Waals surface area contributed by atoms with E-state index in [0.29, 0.717) is 23.4 Å². The number of rotatable bonds is 4. The molecule has 1 aromatic rings. The zero-order valence-electron chi connectivity index (χ0n) is 15.2. The van der Waals surface area contributed by atoms with E-state index < -0.39 is 0 Å². The highest BCUT2D eigenvalue weighted by atomic mass is 14.7. The highest BCUT2D eigenvalue weighted by Crippen LogP contribution is 2.26. The van der Waals surface area contributed by atoms with Gasteiger partial charge in [-0.2, -0.15) is 5.26 Å². The molecule has 0 saturated carbocycles. The highest BCUT2D eigenvalue weighted by Gasteiger charge is 2.16. The lowest BCUT2D eigenvalue weighted by molar-refractivity contribution is 0.430. The molecule has 6 heteroatoms. The van der Waals surface area contributed by atoms with Gasteiger partial charge in [0, 0.05) is 35.7 Å². The van der Waals surface area contributed by atoms with Gasteiger partial charge in [0.15, 0.2) is 0 Å². The Balaban J connectivity index is 2.51. The van der Waals surface area contributed by atoms with E-state index >= 15 is 0 Å². The number of aromatic nitrogens is 1. The predicted molar refractivity (Wildman–Crippen MR) is 107 cm³/mol. The van der Waals surface area contributed by atoms with Crippen molar-refractivity contribution in [1.82, 2.24) is 4.98 Å². The Morgan fingerprint density at radius 2 is 2.00 bits per heavy atom. The van der Waals surface area contributed by atoms with Gasteiger partial charge in [0.2, 0.25) is 0 Å². The first kappa shape index (κ1) is 19.0. The zero-order chi connectivity index (χ0) is 19.3. The van der Waals surface area contributed by atoms with Gasteiger partial charge >= 0.3 is 0 Å². The van der Waals surface area contributed by atoms with Gasteiger partial charge in [0.1, 0.15) is 11.8 Å². The second kappa shape index (κ2) is 7.70. The van der Waals surface area contributed by atoms with Crippen molar-refractivity contribution in [1.29, 1.82) is 16.1 Å². The van der Waals surface area contributed by atoms with Crippen molar-refractivity contribution in [3.05, 3.63) is 53.5 Å². The molecule has 6 nitrogen and oxygen atoms in total. The van der Waals surface area contributed by atoms with Crippen molar-refractivity contribution in [2.75, 3.05) is 6.54 Å². The number of aliphatic imine (C=N–C) groups is 1. The zero-order valence-corrected chi connectivity index (χ0v) is 15.2. The number of nitriles is 1. The average Bonchev–Trinajstić information content (AvgIpc) is 2.60. The van der Waals surface area contributed by atoms with Crippen molar-refractivity contribution < 1.29 is 0 Å². The van der Waals surface area contributed by atoms with Crippen LogP contribution in [0.1, 0.15) is 37.7 Å². The molecule has 1 heterocycles. The Morgan fingerprint density at radius 1 is 1.27 bits per heavy atom. The molecule has 132 valence electrons. The number of pyridine rings is 1. The van der Waals surface area contributed by atoms with Gasteiger partial charge in [-0.1, -0.05) is 26.8 Å². The Morgan fingerprint density at radius 3 is 2.58 bits per heavy atom. The summed E-state index contributed by atoms with van der Waals surface area (Å²) in [6, 6.07) is 5.44. The van der Waals surface area contributed by atoms with Crippen LogP contribution < -0.4 is 5.73 Å². The Labute approximate surface area is 153 Å². The molecule has 1 aromatic heterocycles. The number of nitrogens with zero attached hydrogens (tertiary/aromatic N) is 3. The summed E-state index contributed by atoms with van der Waals surface area (Å²) in [6.07, 6.45) is 7.99. The number of nitrogens with one attached hydrogen (secondary N) is 2. The fourth-order valence-corrected chi connectivity index (χ4v) is 2.29. The predicted octanol–water partition coefficient (Wildman–Crippen LogP) is 3.36. The fraction of sp³-hybridized carbons (Fsp3) is 0.250. The Bertz CT molecular complexity index is 901. The van der Waals surface area contributed by atoms with Gasteiger partial charge in [-0.15, -0.1) is 0 Å². The molecular formula is C20H22N6. The van der Waals surface area contributed by atoms with Crippen molar-refractivity contribution in [2.45, 2.75) is 20.8 Å². The van der Waals surface area contributed by atoms with Crippen molar-refractivity contribution in [3.63, 3.8) is 0 Å². The number of hydrogen-bond acceptors (Lipinski definition) is 6. The van der Waals surface area contributed by atoms with Gasteiger partial charge in [-0.25, -0.2) is 4.98 Å². The summed E-state index contributed by atoms with van der Waals surface area (Å²) < 4.78 is 0. The first-order chi connectivity index (χ1) is 12.2. The van der Waals surface area contributed by atoms with Crippen LogP contribution in [0.3, 0.4) is 0 Å². The minimum atomic E-state index is 0.0615. The summed E-state index contributed by atoms with van der Waals surface area (Å²) in [7, 11) is 0. The van der Waals surface area contributed by atoms with Crippen molar-refractivity contribution >= 4 is 28.8 Å². The molecule has 0 atom stereocenters. The molecule has 0 aromatic carbocycles. The molecule has 4 N–H and O–H groups in total. The topological polar surface area (TPSA) is 123 Å². The van der Waals surface area contributed by atoms with Crippen LogP contribution in [0.15, 0.2) is 41.6 Å². The van der Waals surface area contributed by atoms with Crippen LogP contribution in [0, 0.1) is 27.6 Å². The largest absolute Gasteiger partial charge is 0.404 e. The molecule has 2 rings (SSSR count). The number of allylic oxidation sites excluding steroid dienone is 5. The van der Waals surface area contributed by atoms with Gasteiger partial charge < -0.3 is 5.73 Å². The third-order valence-electron chi connectivity index (χ3n) is 3.59. The van der Waals surface area contributed by atoms with Gasteiger partial charge in [0.05, 0.1) is 17.1 Å². The minimum absolute atomic E-state index is 0.0615. The van der Waals surface area contributed by atoms with E-state index in [0.717, 1.165) is 5.56 Å². The summed E-state index contributed by atoms with van der Waals surface area (Å²) in [5, 5.41) is 24.7. The van der Waals surface area contributed by atoms with Crippen LogP contribution >= 0.6 is 0 Å². The molecule has 26 heavy (non-hydrogen) atoms. The third kappa shape index (κ3) is 4.61. The number of hydrogen-bond donors (Lipinski definition) is 3. The molecule has 0 amide bonds. The molecule has 0 bridgehead atoms. The average molecular weight is 346 g/mol. The van der Waals surface area contributed by atoms with E-state index in [2.05, 4.69) is 30.7 Å². The quantitative estimate of drug-likeness (QED) is 0.572. The van der Waals surface area contributed by atoms with Crippen LogP contribution in [0.4, 0.5) is 0 Å². The maximum Gasteiger partial charge on any atom is 0.141 e. The van der Waals surface area contributed by atoms with E-state index in [1.54, 1.807) is 36.6 Å². The van der Waals surface area contributed by atoms with E-state index in [1.807, 2.05) is 6.07 Å². The fourth-order valence-electron chi connectivity index (χ4n) is 2.29. The summed E-state index contributed by atoms with van der Waals surface area (Å²) in [5.41, 5.74) is 8.97. The van der Waals surface area contributed by atoms with Gasteiger partial charge in [-0.3, -0.25) is 15.8 Å². The molecule has 1 aliphatic carbocycles. The first-order valence-corrected chi connectivity index (χ1v) is 8.16. The Hall–Kier alpha value is -3.33. The monoisotopic (exact) mass is 346 g/mol. The molecule has 0 spiro atoms. The normalized spacial score (nSPS) is 15.3. The smallest absolute Gasteiger partial charge is 0.141 e. The SMILES string of the molecule is CC(C)(C)CN=CC(=CN)c1ccc(C#N)nc1C1=CC(=N)C(=N)C=C1. The van der Waals surface area contributed by atoms with E-state index in [-0.39, 0.29) is 22.5 Å². The van der Waals surface area contributed by atoms with Crippen LogP contribution in [0.2, 0.25) is 0 Å². The molecule has 1 aliphatic rings. The second-order valence-electron chi connectivity index (χ2n) is 7.12. The third-order valence-corrected chi connectivity index (χ3v) is 3.59. The first-order valence-electron chi connectivity index (χ1n) is 8.16. The van der Waals surface area contributed by atoms with Gasteiger partial charge in [0.25, 0.3) is 0 Å². The lowest BCUT2D eigenvalue weighted by Gasteiger charge is -2.15. The summed E-state index contributed by atoms with van der Waals surface area (Å²) in [6.45, 7) is 6.95. The maximum atomic E-state index is 9.18. The van der Waals surface area contributed by atoms with Crippen LogP contribution in [-0.4, -0.2) is 29.2 Å². The van der Waals surface area contributed by atoms with E-state index in [4.69, 9.17) is 16.6 Å². The van der Waals surface area contributed by atoms with Crippen LogP contribution in [0.25, 0.3) is 11.1 Å².